The first-order valence-electron chi connectivity index (χ1n) is 7.30. The molecule has 2 N–H and O–H groups in total. The van der Waals surface area contributed by atoms with Crippen LogP contribution in [0.4, 0.5) is 0 Å². The average molecular weight is 386 g/mol. The largest absolute Gasteiger partial charge is 0.338 e. The van der Waals surface area contributed by atoms with Gasteiger partial charge in [-0.3, -0.25) is 9.20 Å². The fourth-order valence-corrected chi connectivity index (χ4v) is 3.99. The van der Waals surface area contributed by atoms with Gasteiger partial charge in [-0.05, 0) is 19.3 Å². The second-order valence-electron chi connectivity index (χ2n) is 5.66. The van der Waals surface area contributed by atoms with Crippen LogP contribution < -0.4 is 11.3 Å². The van der Waals surface area contributed by atoms with E-state index < -0.39 is 5.54 Å². The fraction of sp³-hybridized carbons (Fsp3) is 0.429. The van der Waals surface area contributed by atoms with Crippen molar-refractivity contribution in [3.8, 4) is 0 Å². The molecule has 1 aliphatic carbocycles. The molecular formula is C14H16ClN5O2S2. The Morgan fingerprint density at radius 2 is 2.21 bits per heavy atom. The van der Waals surface area contributed by atoms with E-state index in [1.54, 1.807) is 28.4 Å². The molecule has 24 heavy (non-hydrogen) atoms. The Balaban J connectivity index is 0.00000169. The first kappa shape index (κ1) is 17.4. The molecule has 1 fully saturated rings. The van der Waals surface area contributed by atoms with Gasteiger partial charge in [0.15, 0.2) is 10.8 Å². The SMILES string of the molecule is Cl.NC1(c2noc(CSCc3cc(=O)n4ccsc4n3)n2)CCC1. The van der Waals surface area contributed by atoms with E-state index in [1.807, 2.05) is 5.38 Å². The highest BCUT2D eigenvalue weighted by atomic mass is 35.5. The number of nitrogens with zero attached hydrogens (tertiary/aromatic N) is 4. The summed E-state index contributed by atoms with van der Waals surface area (Å²) in [5, 5.41) is 5.84. The smallest absolute Gasteiger partial charge is 0.258 e. The topological polar surface area (TPSA) is 99.3 Å². The summed E-state index contributed by atoms with van der Waals surface area (Å²) in [6.07, 6.45) is 4.67. The molecule has 0 spiro atoms. The molecule has 0 atom stereocenters. The molecule has 128 valence electrons. The minimum absolute atomic E-state index is 0. The lowest BCUT2D eigenvalue weighted by Gasteiger charge is -2.34. The van der Waals surface area contributed by atoms with E-state index in [4.69, 9.17) is 10.3 Å². The van der Waals surface area contributed by atoms with E-state index in [2.05, 4.69) is 15.1 Å². The standard InChI is InChI=1S/C14H15N5O2S2.ClH/c15-14(2-1-3-14)12-17-10(21-18-12)8-22-7-9-6-11(20)19-4-5-23-13(19)16-9;/h4-6H,1-3,7-8,15H2;1H. The van der Waals surface area contributed by atoms with Crippen LogP contribution >= 0.6 is 35.5 Å². The zero-order chi connectivity index (χ0) is 15.9. The van der Waals surface area contributed by atoms with Crippen LogP contribution in [-0.4, -0.2) is 19.5 Å². The molecule has 3 aromatic rings. The summed E-state index contributed by atoms with van der Waals surface area (Å²) in [6.45, 7) is 0. The average Bonchev–Trinajstić information content (AvgIpc) is 3.14. The van der Waals surface area contributed by atoms with Crippen LogP contribution in [0.1, 0.15) is 36.7 Å². The molecule has 0 amide bonds. The van der Waals surface area contributed by atoms with Gasteiger partial charge >= 0.3 is 0 Å². The third-order valence-corrected chi connectivity index (χ3v) is 5.70. The first-order chi connectivity index (χ1) is 11.1. The van der Waals surface area contributed by atoms with E-state index in [0.717, 1.165) is 25.0 Å². The number of aromatic nitrogens is 4. The molecule has 3 heterocycles. The minimum Gasteiger partial charge on any atom is -0.338 e. The van der Waals surface area contributed by atoms with Crippen LogP contribution in [0.15, 0.2) is 27.0 Å². The maximum absolute atomic E-state index is 11.9. The highest BCUT2D eigenvalue weighted by Crippen LogP contribution is 2.37. The van der Waals surface area contributed by atoms with Crippen LogP contribution in [0.25, 0.3) is 4.96 Å². The van der Waals surface area contributed by atoms with Gasteiger partial charge in [-0.2, -0.15) is 4.98 Å². The fourth-order valence-electron chi connectivity index (χ4n) is 2.50. The molecule has 0 bridgehead atoms. The Morgan fingerprint density at radius 1 is 1.38 bits per heavy atom. The molecule has 0 aliphatic heterocycles. The van der Waals surface area contributed by atoms with E-state index in [0.29, 0.717) is 28.2 Å². The molecule has 1 aliphatic rings. The molecular weight excluding hydrogens is 370 g/mol. The van der Waals surface area contributed by atoms with Crippen molar-refractivity contribution in [3.63, 3.8) is 0 Å². The number of nitrogens with two attached hydrogens (primary N) is 1. The first-order valence-corrected chi connectivity index (χ1v) is 9.33. The highest BCUT2D eigenvalue weighted by Gasteiger charge is 2.38. The van der Waals surface area contributed by atoms with Crippen LogP contribution in [0, 0.1) is 0 Å². The number of rotatable bonds is 5. The van der Waals surface area contributed by atoms with Crippen molar-refractivity contribution in [2.24, 2.45) is 5.73 Å². The van der Waals surface area contributed by atoms with E-state index >= 15 is 0 Å². The maximum Gasteiger partial charge on any atom is 0.258 e. The Bertz CT molecular complexity index is 902. The van der Waals surface area contributed by atoms with Gasteiger partial charge in [-0.1, -0.05) is 5.16 Å². The number of halogens is 1. The Morgan fingerprint density at radius 3 is 2.96 bits per heavy atom. The summed E-state index contributed by atoms with van der Waals surface area (Å²) in [6, 6.07) is 1.56. The summed E-state index contributed by atoms with van der Waals surface area (Å²) < 4.78 is 6.80. The molecule has 3 aromatic heterocycles. The molecule has 0 radical (unpaired) electrons. The summed E-state index contributed by atoms with van der Waals surface area (Å²) in [5.74, 6) is 2.37. The van der Waals surface area contributed by atoms with Gasteiger partial charge in [0, 0.05) is 23.4 Å². The quantitative estimate of drug-likeness (QED) is 0.719. The van der Waals surface area contributed by atoms with Crippen LogP contribution in [0.3, 0.4) is 0 Å². The zero-order valence-electron chi connectivity index (χ0n) is 12.7. The Hall–Kier alpha value is -1.42. The summed E-state index contributed by atoms with van der Waals surface area (Å²) in [7, 11) is 0. The van der Waals surface area contributed by atoms with Crippen molar-refractivity contribution in [2.45, 2.75) is 36.3 Å². The Kier molecular flexibility index (Phi) is 4.95. The lowest BCUT2D eigenvalue weighted by molar-refractivity contribution is 0.229. The van der Waals surface area contributed by atoms with E-state index in [9.17, 15) is 4.79 Å². The lowest BCUT2D eigenvalue weighted by Crippen LogP contribution is -2.44. The molecule has 10 heteroatoms. The summed E-state index contributed by atoms with van der Waals surface area (Å²) >= 11 is 3.03. The van der Waals surface area contributed by atoms with Crippen molar-refractivity contribution < 1.29 is 4.52 Å². The highest BCUT2D eigenvalue weighted by molar-refractivity contribution is 7.97. The molecule has 7 nitrogen and oxygen atoms in total. The normalized spacial score (nSPS) is 15.9. The van der Waals surface area contributed by atoms with Crippen molar-refractivity contribution >= 4 is 40.5 Å². The monoisotopic (exact) mass is 385 g/mol. The molecule has 0 unspecified atom stereocenters. The molecule has 0 saturated heterocycles. The van der Waals surface area contributed by atoms with Gasteiger partial charge in [0.1, 0.15) is 0 Å². The predicted octanol–water partition coefficient (Wildman–Crippen LogP) is 2.33. The van der Waals surface area contributed by atoms with Crippen LogP contribution in [0.2, 0.25) is 0 Å². The van der Waals surface area contributed by atoms with Crippen molar-refractivity contribution in [1.29, 1.82) is 0 Å². The van der Waals surface area contributed by atoms with Gasteiger partial charge in [-0.15, -0.1) is 35.5 Å². The second kappa shape index (κ2) is 6.83. The number of thioether (sulfide) groups is 1. The van der Waals surface area contributed by atoms with Gasteiger partial charge in [0.2, 0.25) is 5.89 Å². The second-order valence-corrected chi connectivity index (χ2v) is 7.51. The lowest BCUT2D eigenvalue weighted by atomic mass is 9.77. The van der Waals surface area contributed by atoms with Crippen molar-refractivity contribution in [3.05, 3.63) is 45.4 Å². The minimum atomic E-state index is -0.396. The molecule has 4 rings (SSSR count). The van der Waals surface area contributed by atoms with Crippen molar-refractivity contribution in [1.82, 2.24) is 19.5 Å². The van der Waals surface area contributed by atoms with Crippen LogP contribution in [0.5, 0.6) is 0 Å². The van der Waals surface area contributed by atoms with Gasteiger partial charge in [-0.25, -0.2) is 4.98 Å². The van der Waals surface area contributed by atoms with E-state index in [1.165, 1.54) is 11.3 Å². The molecule has 0 aromatic carbocycles. The molecule has 1 saturated carbocycles. The number of hydrogen-bond acceptors (Lipinski definition) is 8. The zero-order valence-corrected chi connectivity index (χ0v) is 15.1. The summed E-state index contributed by atoms with van der Waals surface area (Å²) in [4.78, 5) is 21.5. The third-order valence-electron chi connectivity index (χ3n) is 3.99. The van der Waals surface area contributed by atoms with Gasteiger partial charge in [0.25, 0.3) is 5.56 Å². The summed E-state index contributed by atoms with van der Waals surface area (Å²) in [5.41, 5.74) is 6.49. The van der Waals surface area contributed by atoms with Crippen molar-refractivity contribution in [2.75, 3.05) is 0 Å². The number of fused-ring (bicyclic) bond motifs is 1. The maximum atomic E-state index is 11.9. The van der Waals surface area contributed by atoms with E-state index in [-0.39, 0.29) is 18.0 Å². The van der Waals surface area contributed by atoms with Gasteiger partial charge in [0.05, 0.1) is 17.0 Å². The Labute approximate surface area is 152 Å². The number of thiazole rings is 1. The third kappa shape index (κ3) is 3.21. The van der Waals surface area contributed by atoms with Crippen LogP contribution in [-0.2, 0) is 17.0 Å². The predicted molar refractivity (Wildman–Crippen MR) is 95.6 cm³/mol. The number of hydrogen-bond donors (Lipinski definition) is 1. The van der Waals surface area contributed by atoms with Gasteiger partial charge < -0.3 is 10.3 Å².